The Morgan fingerprint density at radius 2 is 1.76 bits per heavy atom. The van der Waals surface area contributed by atoms with Crippen molar-refractivity contribution in [1.29, 1.82) is 0 Å². The van der Waals surface area contributed by atoms with Crippen molar-refractivity contribution >= 4 is 39.1 Å². The molecule has 7 heteroatoms. The second-order valence-electron chi connectivity index (χ2n) is 7.63. The summed E-state index contributed by atoms with van der Waals surface area (Å²) in [7, 11) is 0. The summed E-state index contributed by atoms with van der Waals surface area (Å²) in [5.74, 6) is -0.429. The van der Waals surface area contributed by atoms with Gasteiger partial charge in [0.05, 0.1) is 5.69 Å². The molecule has 2 saturated heterocycles. The van der Waals surface area contributed by atoms with Gasteiger partial charge in [0.2, 0.25) is 11.8 Å². The Morgan fingerprint density at radius 1 is 1.03 bits per heavy atom. The Morgan fingerprint density at radius 3 is 2.41 bits per heavy atom. The SMILES string of the molecule is O=C1CC[C@@H](Nc2ccc(N3CCC(c4ccc(Br)cc4)CC3)c(F)c2)C(=O)N1. The van der Waals surface area contributed by atoms with Gasteiger partial charge in [0.25, 0.3) is 0 Å². The van der Waals surface area contributed by atoms with Crippen LogP contribution in [0, 0.1) is 5.82 Å². The van der Waals surface area contributed by atoms with E-state index in [2.05, 4.69) is 55.7 Å². The molecular weight excluding hydrogens is 437 g/mol. The van der Waals surface area contributed by atoms with Crippen molar-refractivity contribution in [3.8, 4) is 0 Å². The highest BCUT2D eigenvalue weighted by molar-refractivity contribution is 9.10. The molecule has 0 bridgehead atoms. The molecule has 2 aliphatic heterocycles. The fourth-order valence-corrected chi connectivity index (χ4v) is 4.34. The quantitative estimate of drug-likeness (QED) is 0.672. The van der Waals surface area contributed by atoms with E-state index in [9.17, 15) is 14.0 Å². The van der Waals surface area contributed by atoms with Gasteiger partial charge in [-0.1, -0.05) is 28.1 Å². The van der Waals surface area contributed by atoms with E-state index in [1.54, 1.807) is 12.1 Å². The first-order chi connectivity index (χ1) is 14.0. The number of carbonyl (C=O) groups is 2. The molecule has 0 spiro atoms. The van der Waals surface area contributed by atoms with E-state index >= 15 is 0 Å². The number of anilines is 2. The maximum atomic E-state index is 14.8. The zero-order chi connectivity index (χ0) is 20.4. The van der Waals surface area contributed by atoms with Gasteiger partial charge in [-0.05, 0) is 61.1 Å². The van der Waals surface area contributed by atoms with Crippen molar-refractivity contribution in [1.82, 2.24) is 5.32 Å². The highest BCUT2D eigenvalue weighted by Crippen LogP contribution is 2.33. The molecule has 2 aliphatic rings. The molecule has 2 heterocycles. The molecule has 0 unspecified atom stereocenters. The minimum Gasteiger partial charge on any atom is -0.374 e. The fraction of sp³-hybridized carbons (Fsp3) is 0.364. The van der Waals surface area contributed by atoms with Gasteiger partial charge in [0.15, 0.2) is 0 Å². The Kier molecular flexibility index (Phi) is 5.85. The number of carbonyl (C=O) groups excluding carboxylic acids is 2. The maximum Gasteiger partial charge on any atom is 0.249 e. The van der Waals surface area contributed by atoms with E-state index in [4.69, 9.17) is 0 Å². The zero-order valence-corrected chi connectivity index (χ0v) is 17.5. The van der Waals surface area contributed by atoms with Gasteiger partial charge < -0.3 is 10.2 Å². The second-order valence-corrected chi connectivity index (χ2v) is 8.54. The van der Waals surface area contributed by atoms with E-state index in [0.717, 1.165) is 30.4 Å². The highest BCUT2D eigenvalue weighted by Gasteiger charge is 2.27. The lowest BCUT2D eigenvalue weighted by atomic mass is 9.89. The van der Waals surface area contributed by atoms with Gasteiger partial charge >= 0.3 is 0 Å². The van der Waals surface area contributed by atoms with Crippen LogP contribution in [-0.2, 0) is 9.59 Å². The maximum absolute atomic E-state index is 14.8. The first-order valence-electron chi connectivity index (χ1n) is 9.90. The molecule has 0 aliphatic carbocycles. The summed E-state index contributed by atoms with van der Waals surface area (Å²) >= 11 is 3.47. The summed E-state index contributed by atoms with van der Waals surface area (Å²) in [6, 6.07) is 12.9. The van der Waals surface area contributed by atoms with E-state index in [-0.39, 0.29) is 24.1 Å². The number of imide groups is 1. The predicted molar refractivity (Wildman–Crippen MR) is 115 cm³/mol. The Hall–Kier alpha value is -2.41. The van der Waals surface area contributed by atoms with Crippen LogP contribution in [0.25, 0.3) is 0 Å². The zero-order valence-electron chi connectivity index (χ0n) is 16.0. The number of benzene rings is 2. The van der Waals surface area contributed by atoms with Gasteiger partial charge in [-0.3, -0.25) is 14.9 Å². The molecule has 2 amide bonds. The number of halogens is 2. The van der Waals surface area contributed by atoms with Crippen LogP contribution in [0.1, 0.15) is 37.2 Å². The molecule has 4 rings (SSSR count). The van der Waals surface area contributed by atoms with Crippen LogP contribution in [0.5, 0.6) is 0 Å². The smallest absolute Gasteiger partial charge is 0.249 e. The second kappa shape index (κ2) is 8.53. The van der Waals surface area contributed by atoms with Crippen LogP contribution in [0.15, 0.2) is 46.9 Å². The number of amides is 2. The average molecular weight is 460 g/mol. The number of nitrogens with one attached hydrogen (secondary N) is 2. The topological polar surface area (TPSA) is 61.4 Å². The van der Waals surface area contributed by atoms with E-state index in [1.165, 1.54) is 11.6 Å². The van der Waals surface area contributed by atoms with Crippen LogP contribution in [0.4, 0.5) is 15.8 Å². The highest BCUT2D eigenvalue weighted by atomic mass is 79.9. The van der Waals surface area contributed by atoms with Gasteiger partial charge in [-0.25, -0.2) is 4.39 Å². The summed E-state index contributed by atoms with van der Waals surface area (Å²) in [5, 5.41) is 5.33. The molecular formula is C22H23BrFN3O2. The summed E-state index contributed by atoms with van der Waals surface area (Å²) in [6.45, 7) is 1.61. The molecule has 0 radical (unpaired) electrons. The fourth-order valence-electron chi connectivity index (χ4n) is 4.07. The minimum absolute atomic E-state index is 0.263. The van der Waals surface area contributed by atoms with E-state index in [0.29, 0.717) is 23.7 Å². The lowest BCUT2D eigenvalue weighted by molar-refractivity contribution is -0.133. The van der Waals surface area contributed by atoms with Gasteiger partial charge in [0, 0.05) is 29.7 Å². The third-order valence-corrected chi connectivity index (χ3v) is 6.23. The number of piperidine rings is 2. The van der Waals surface area contributed by atoms with Crippen LogP contribution in [0.3, 0.4) is 0 Å². The summed E-state index contributed by atoms with van der Waals surface area (Å²) in [4.78, 5) is 25.2. The standard InChI is InChI=1S/C22H23BrFN3O2/c23-16-3-1-14(2-4-16)15-9-11-27(12-10-15)20-7-5-17(13-18(20)24)25-19-6-8-21(28)26-22(19)29/h1-5,7,13,15,19,25H,6,8-12H2,(H,26,28,29)/t19-/m1/s1. The average Bonchev–Trinajstić information content (AvgIpc) is 2.71. The Balaban J connectivity index is 1.38. The summed E-state index contributed by atoms with van der Waals surface area (Å²) < 4.78 is 15.8. The van der Waals surface area contributed by atoms with Crippen LogP contribution >= 0.6 is 15.9 Å². The van der Waals surface area contributed by atoms with Crippen molar-refractivity contribution in [2.75, 3.05) is 23.3 Å². The lowest BCUT2D eigenvalue weighted by Gasteiger charge is -2.34. The van der Waals surface area contributed by atoms with E-state index in [1.807, 2.05) is 0 Å². The molecule has 2 aromatic rings. The summed E-state index contributed by atoms with van der Waals surface area (Å²) in [5.41, 5.74) is 2.47. The monoisotopic (exact) mass is 459 g/mol. The van der Waals surface area contributed by atoms with Crippen LogP contribution in [-0.4, -0.2) is 30.9 Å². The van der Waals surface area contributed by atoms with Crippen molar-refractivity contribution in [2.24, 2.45) is 0 Å². The lowest BCUT2D eigenvalue weighted by Crippen LogP contribution is -2.47. The number of hydrogen-bond donors (Lipinski definition) is 2. The number of nitrogens with zero attached hydrogens (tertiary/aromatic N) is 1. The minimum atomic E-state index is -0.514. The van der Waals surface area contributed by atoms with Crippen LogP contribution in [0.2, 0.25) is 0 Å². The van der Waals surface area contributed by atoms with Gasteiger partial charge in [-0.2, -0.15) is 0 Å². The van der Waals surface area contributed by atoms with Crippen molar-refractivity contribution in [3.63, 3.8) is 0 Å². The molecule has 2 fully saturated rings. The van der Waals surface area contributed by atoms with Gasteiger partial charge in [-0.15, -0.1) is 0 Å². The Bertz CT molecular complexity index is 911. The third kappa shape index (κ3) is 4.61. The summed E-state index contributed by atoms with van der Waals surface area (Å²) in [6.07, 6.45) is 2.67. The van der Waals surface area contributed by atoms with Crippen LogP contribution < -0.4 is 15.5 Å². The third-order valence-electron chi connectivity index (χ3n) is 5.70. The first-order valence-corrected chi connectivity index (χ1v) is 10.7. The molecule has 152 valence electrons. The molecule has 0 aromatic heterocycles. The predicted octanol–water partition coefficient (Wildman–Crippen LogP) is 4.19. The molecule has 5 nitrogen and oxygen atoms in total. The molecule has 2 aromatic carbocycles. The van der Waals surface area contributed by atoms with Gasteiger partial charge in [0.1, 0.15) is 11.9 Å². The molecule has 1 atom stereocenters. The Labute approximate surface area is 177 Å². The molecule has 0 saturated carbocycles. The molecule has 2 N–H and O–H groups in total. The van der Waals surface area contributed by atoms with Crippen molar-refractivity contribution < 1.29 is 14.0 Å². The normalized spacial score (nSPS) is 20.5. The first kappa shape index (κ1) is 19.9. The largest absolute Gasteiger partial charge is 0.374 e. The van der Waals surface area contributed by atoms with Crippen molar-refractivity contribution in [3.05, 3.63) is 58.3 Å². The number of rotatable bonds is 4. The number of hydrogen-bond acceptors (Lipinski definition) is 4. The van der Waals surface area contributed by atoms with Crippen molar-refractivity contribution in [2.45, 2.75) is 37.6 Å². The molecule has 29 heavy (non-hydrogen) atoms. The van der Waals surface area contributed by atoms with E-state index < -0.39 is 6.04 Å².